The minimum Gasteiger partial charge on any atom is -0.487 e. The summed E-state index contributed by atoms with van der Waals surface area (Å²) in [6, 6.07) is 15.5. The molecular weight excluding hydrogens is 492 g/mol. The fourth-order valence-corrected chi connectivity index (χ4v) is 3.27. The maximum atomic E-state index is 14.4. The highest BCUT2D eigenvalue weighted by Crippen LogP contribution is 2.29. The predicted octanol–water partition coefficient (Wildman–Crippen LogP) is 5.00. The van der Waals surface area contributed by atoms with E-state index in [0.29, 0.717) is 34.1 Å². The zero-order chi connectivity index (χ0) is 26.6. The summed E-state index contributed by atoms with van der Waals surface area (Å²) in [7, 11) is 0. The van der Waals surface area contributed by atoms with E-state index < -0.39 is 23.5 Å². The van der Waals surface area contributed by atoms with Crippen molar-refractivity contribution in [2.45, 2.75) is 12.8 Å². The second kappa shape index (κ2) is 10.5. The summed E-state index contributed by atoms with van der Waals surface area (Å²) in [5.41, 5.74) is 9.01. The molecule has 4 rings (SSSR count). The summed E-state index contributed by atoms with van der Waals surface area (Å²) in [6.07, 6.45) is -3.72. The quantitative estimate of drug-likeness (QED) is 0.156. The SMILES string of the molecule is NNc1nc(-c2ccc(F)c(C(=O)Nc3ccc(OCc4ccc(C(F)(F)F)cn4)cc3)c2)ccc1N. The predicted molar refractivity (Wildman–Crippen MR) is 130 cm³/mol. The maximum Gasteiger partial charge on any atom is 0.417 e. The van der Waals surface area contributed by atoms with E-state index in [9.17, 15) is 22.4 Å². The van der Waals surface area contributed by atoms with Gasteiger partial charge in [-0.15, -0.1) is 0 Å². The highest BCUT2D eigenvalue weighted by Gasteiger charge is 2.30. The van der Waals surface area contributed by atoms with E-state index in [0.717, 1.165) is 18.3 Å². The summed E-state index contributed by atoms with van der Waals surface area (Å²) in [5.74, 6) is 4.62. The van der Waals surface area contributed by atoms with E-state index in [1.54, 1.807) is 24.3 Å². The summed E-state index contributed by atoms with van der Waals surface area (Å²) in [4.78, 5) is 20.7. The number of nitrogens with one attached hydrogen (secondary N) is 2. The molecule has 37 heavy (non-hydrogen) atoms. The van der Waals surface area contributed by atoms with Crippen LogP contribution in [0.2, 0.25) is 0 Å². The van der Waals surface area contributed by atoms with Crippen LogP contribution in [-0.4, -0.2) is 15.9 Å². The van der Waals surface area contributed by atoms with Crippen LogP contribution in [0, 0.1) is 5.82 Å². The molecule has 8 nitrogen and oxygen atoms in total. The van der Waals surface area contributed by atoms with Gasteiger partial charge in [-0.05, 0) is 66.7 Å². The molecule has 12 heteroatoms. The Morgan fingerprint density at radius 1 is 1.00 bits per heavy atom. The molecule has 0 radical (unpaired) electrons. The molecule has 4 aromatic rings. The third-order valence-corrected chi connectivity index (χ3v) is 5.22. The van der Waals surface area contributed by atoms with Crippen LogP contribution in [-0.2, 0) is 12.8 Å². The Balaban J connectivity index is 1.41. The second-order valence-corrected chi connectivity index (χ2v) is 7.78. The van der Waals surface area contributed by atoms with Gasteiger partial charge in [-0.25, -0.2) is 15.2 Å². The Kier molecular flexibility index (Phi) is 7.20. The van der Waals surface area contributed by atoms with Gasteiger partial charge in [0, 0.05) is 17.4 Å². The number of halogens is 4. The molecule has 0 saturated heterocycles. The molecule has 190 valence electrons. The number of nitrogen functional groups attached to an aromatic ring is 2. The number of aromatic nitrogens is 2. The van der Waals surface area contributed by atoms with Gasteiger partial charge < -0.3 is 21.2 Å². The van der Waals surface area contributed by atoms with Crippen LogP contribution in [0.3, 0.4) is 0 Å². The van der Waals surface area contributed by atoms with Crippen molar-refractivity contribution >= 4 is 23.1 Å². The van der Waals surface area contributed by atoms with Crippen molar-refractivity contribution in [3.8, 4) is 17.0 Å². The molecule has 1 amide bonds. The fraction of sp³-hybridized carbons (Fsp3) is 0.0800. The minimum absolute atomic E-state index is 0.0532. The molecule has 0 bridgehead atoms. The van der Waals surface area contributed by atoms with Crippen molar-refractivity contribution in [3.05, 3.63) is 95.6 Å². The first-order valence-corrected chi connectivity index (χ1v) is 10.7. The highest BCUT2D eigenvalue weighted by atomic mass is 19.4. The third kappa shape index (κ3) is 6.11. The normalized spacial score (nSPS) is 11.2. The number of nitrogens with zero attached hydrogens (tertiary/aromatic N) is 2. The monoisotopic (exact) mass is 512 g/mol. The number of ether oxygens (including phenoxy) is 1. The Bertz CT molecular complexity index is 1410. The van der Waals surface area contributed by atoms with Crippen molar-refractivity contribution in [2.24, 2.45) is 5.84 Å². The molecule has 0 fully saturated rings. The number of hydrogen-bond acceptors (Lipinski definition) is 7. The van der Waals surface area contributed by atoms with Gasteiger partial charge in [0.2, 0.25) is 0 Å². The number of anilines is 3. The number of benzene rings is 2. The van der Waals surface area contributed by atoms with Crippen LogP contribution < -0.4 is 27.1 Å². The van der Waals surface area contributed by atoms with Gasteiger partial charge in [0.25, 0.3) is 5.91 Å². The average Bonchev–Trinajstić information content (AvgIpc) is 2.88. The van der Waals surface area contributed by atoms with Gasteiger partial charge in [0.05, 0.1) is 28.2 Å². The first-order chi connectivity index (χ1) is 17.6. The first-order valence-electron chi connectivity index (χ1n) is 10.7. The Morgan fingerprint density at radius 3 is 2.41 bits per heavy atom. The molecule has 0 aliphatic carbocycles. The van der Waals surface area contributed by atoms with E-state index in [1.807, 2.05) is 0 Å². The summed E-state index contributed by atoms with van der Waals surface area (Å²) in [5, 5.41) is 2.60. The van der Waals surface area contributed by atoms with Crippen LogP contribution in [0.1, 0.15) is 21.6 Å². The van der Waals surface area contributed by atoms with Crippen molar-refractivity contribution < 1.29 is 27.1 Å². The van der Waals surface area contributed by atoms with E-state index in [1.165, 1.54) is 30.3 Å². The molecule has 0 saturated carbocycles. The number of alkyl halides is 3. The zero-order valence-corrected chi connectivity index (χ0v) is 19.0. The number of pyridine rings is 2. The number of nitrogens with two attached hydrogens (primary N) is 2. The van der Waals surface area contributed by atoms with Crippen LogP contribution >= 0.6 is 0 Å². The number of hydrogen-bond donors (Lipinski definition) is 4. The lowest BCUT2D eigenvalue weighted by atomic mass is 10.1. The lowest BCUT2D eigenvalue weighted by Crippen LogP contribution is -2.14. The zero-order valence-electron chi connectivity index (χ0n) is 19.0. The number of amides is 1. The Labute approximate surface area is 208 Å². The molecule has 2 aromatic heterocycles. The van der Waals surface area contributed by atoms with E-state index in [-0.39, 0.29) is 18.0 Å². The van der Waals surface area contributed by atoms with Crippen molar-refractivity contribution in [1.29, 1.82) is 0 Å². The van der Waals surface area contributed by atoms with Gasteiger partial charge in [-0.2, -0.15) is 13.2 Å². The van der Waals surface area contributed by atoms with Crippen LogP contribution in [0.25, 0.3) is 11.3 Å². The molecule has 0 unspecified atom stereocenters. The van der Waals surface area contributed by atoms with Gasteiger partial charge in [-0.1, -0.05) is 0 Å². The lowest BCUT2D eigenvalue weighted by Gasteiger charge is -2.11. The fourth-order valence-electron chi connectivity index (χ4n) is 3.27. The first kappa shape index (κ1) is 25.4. The topological polar surface area (TPSA) is 128 Å². The largest absolute Gasteiger partial charge is 0.487 e. The molecule has 2 aromatic carbocycles. The summed E-state index contributed by atoms with van der Waals surface area (Å²) >= 11 is 0. The molecular formula is C25H20F4N6O2. The highest BCUT2D eigenvalue weighted by molar-refractivity contribution is 6.05. The molecule has 0 aliphatic rings. The van der Waals surface area contributed by atoms with Crippen molar-refractivity contribution in [3.63, 3.8) is 0 Å². The number of rotatable bonds is 7. The van der Waals surface area contributed by atoms with Crippen LogP contribution in [0.5, 0.6) is 5.75 Å². The number of hydrazine groups is 1. The average molecular weight is 512 g/mol. The van der Waals surface area contributed by atoms with E-state index in [4.69, 9.17) is 16.3 Å². The van der Waals surface area contributed by atoms with Crippen LogP contribution in [0.4, 0.5) is 34.8 Å². The standard InChI is InChI=1S/C25H20F4N6O2/c26-20-8-1-14(22-10-9-21(30)23(34-22)35-31)11-19(20)24(36)33-16-4-6-18(7-5-16)37-13-17-3-2-15(12-32-17)25(27,28)29/h1-12H,13,30-31H2,(H,33,36)(H,34,35). The van der Waals surface area contributed by atoms with Crippen molar-refractivity contribution in [2.75, 3.05) is 16.5 Å². The number of carbonyl (C=O) groups is 1. The van der Waals surface area contributed by atoms with Gasteiger partial charge in [0.15, 0.2) is 5.82 Å². The summed E-state index contributed by atoms with van der Waals surface area (Å²) in [6.45, 7) is -0.0532. The van der Waals surface area contributed by atoms with Crippen molar-refractivity contribution in [1.82, 2.24) is 9.97 Å². The third-order valence-electron chi connectivity index (χ3n) is 5.22. The lowest BCUT2D eigenvalue weighted by molar-refractivity contribution is -0.137. The molecule has 0 aliphatic heterocycles. The molecule has 2 heterocycles. The molecule has 0 spiro atoms. The molecule has 0 atom stereocenters. The molecule has 6 N–H and O–H groups in total. The summed E-state index contributed by atoms with van der Waals surface area (Å²) < 4.78 is 57.9. The van der Waals surface area contributed by atoms with Gasteiger partial charge in [-0.3, -0.25) is 9.78 Å². The number of carbonyl (C=O) groups excluding carboxylic acids is 1. The van der Waals surface area contributed by atoms with Gasteiger partial charge in [0.1, 0.15) is 18.2 Å². The van der Waals surface area contributed by atoms with E-state index in [2.05, 4.69) is 20.7 Å². The maximum absolute atomic E-state index is 14.4. The Morgan fingerprint density at radius 2 is 1.76 bits per heavy atom. The Hall–Kier alpha value is -4.71. The minimum atomic E-state index is -4.46. The van der Waals surface area contributed by atoms with Crippen LogP contribution in [0.15, 0.2) is 72.9 Å². The second-order valence-electron chi connectivity index (χ2n) is 7.78. The smallest absolute Gasteiger partial charge is 0.417 e. The van der Waals surface area contributed by atoms with E-state index >= 15 is 0 Å². The van der Waals surface area contributed by atoms with Gasteiger partial charge >= 0.3 is 6.18 Å².